The Kier molecular flexibility index (Phi) is 6.31. The van der Waals surface area contributed by atoms with Gasteiger partial charge in [0.15, 0.2) is 5.96 Å². The van der Waals surface area contributed by atoms with Crippen LogP contribution >= 0.6 is 24.0 Å². The first-order valence-electron chi connectivity index (χ1n) is 9.75. The first-order chi connectivity index (χ1) is 11.8. The Labute approximate surface area is 169 Å². The number of hydrogen-bond acceptors (Lipinski definition) is 3. The fraction of sp³-hybridized carbons (Fsp3) is 0.842. The van der Waals surface area contributed by atoms with Gasteiger partial charge >= 0.3 is 0 Å². The van der Waals surface area contributed by atoms with E-state index < -0.39 is 0 Å². The minimum atomic E-state index is 0. The zero-order valence-corrected chi connectivity index (χ0v) is 17.9. The summed E-state index contributed by atoms with van der Waals surface area (Å²) < 4.78 is 5.98. The van der Waals surface area contributed by atoms with E-state index >= 15 is 0 Å². The van der Waals surface area contributed by atoms with Crippen molar-refractivity contribution in [1.82, 2.24) is 15.1 Å². The van der Waals surface area contributed by atoms with Gasteiger partial charge in [0.1, 0.15) is 0 Å². The minimum absolute atomic E-state index is 0. The Morgan fingerprint density at radius 3 is 2.68 bits per heavy atom. The van der Waals surface area contributed by atoms with Crippen molar-refractivity contribution in [3.63, 3.8) is 0 Å². The zero-order chi connectivity index (χ0) is 16.6. The van der Waals surface area contributed by atoms with E-state index in [9.17, 15) is 0 Å². The van der Waals surface area contributed by atoms with Crippen molar-refractivity contribution in [2.75, 3.05) is 39.8 Å². The molecule has 0 aromatic carbocycles. The van der Waals surface area contributed by atoms with Crippen molar-refractivity contribution in [3.8, 4) is 0 Å². The molecule has 0 amide bonds. The van der Waals surface area contributed by atoms with Crippen LogP contribution in [-0.2, 0) is 4.74 Å². The van der Waals surface area contributed by atoms with Crippen LogP contribution in [0.15, 0.2) is 17.1 Å². The second kappa shape index (κ2) is 8.13. The maximum absolute atomic E-state index is 5.98. The molecule has 0 bridgehead atoms. The molecule has 3 fully saturated rings. The number of nitrogens with one attached hydrogen (secondary N) is 1. The maximum atomic E-state index is 5.98. The summed E-state index contributed by atoms with van der Waals surface area (Å²) in [5, 5.41) is 3.80. The molecule has 3 atom stereocenters. The second-order valence-corrected chi connectivity index (χ2v) is 7.82. The van der Waals surface area contributed by atoms with Crippen LogP contribution in [-0.4, -0.2) is 73.8 Å². The highest BCUT2D eigenvalue weighted by Gasteiger charge is 2.59. The van der Waals surface area contributed by atoms with Gasteiger partial charge < -0.3 is 15.0 Å². The number of halogens is 1. The third kappa shape index (κ3) is 3.46. The van der Waals surface area contributed by atoms with E-state index in [1.807, 2.05) is 7.05 Å². The number of aliphatic imine (C=N–C) groups is 1. The molecule has 0 aromatic rings. The minimum Gasteiger partial charge on any atom is -0.378 e. The van der Waals surface area contributed by atoms with Crippen LogP contribution in [0.5, 0.6) is 0 Å². The monoisotopic (exact) mass is 460 g/mol. The van der Waals surface area contributed by atoms with E-state index in [1.54, 1.807) is 0 Å². The topological polar surface area (TPSA) is 40.1 Å². The lowest BCUT2D eigenvalue weighted by atomic mass is 9.51. The Bertz CT molecular complexity index is 512. The standard InChI is InChI=1S/C19H32N4O.HI/c1-3-24-17-13-16(19(17)8-6-9-19)21-18(20-2)23-12-7-15(14-23)22-10-4-5-11-22;/h4-5,15-17H,3,6-14H2,1-2H3,(H,20,21);1H. The predicted octanol–water partition coefficient (Wildman–Crippen LogP) is 2.47. The van der Waals surface area contributed by atoms with E-state index in [1.165, 1.54) is 25.7 Å². The predicted molar refractivity (Wildman–Crippen MR) is 113 cm³/mol. The molecule has 3 unspecified atom stereocenters. The van der Waals surface area contributed by atoms with E-state index in [-0.39, 0.29) is 24.0 Å². The molecule has 25 heavy (non-hydrogen) atoms. The summed E-state index contributed by atoms with van der Waals surface area (Å²) in [5.74, 6) is 1.11. The molecule has 1 spiro atoms. The molecule has 4 rings (SSSR count). The van der Waals surface area contributed by atoms with Crippen molar-refractivity contribution in [3.05, 3.63) is 12.2 Å². The smallest absolute Gasteiger partial charge is 0.193 e. The summed E-state index contributed by atoms with van der Waals surface area (Å²) in [5.41, 5.74) is 0.393. The van der Waals surface area contributed by atoms with Crippen LogP contribution in [0.1, 0.15) is 39.0 Å². The lowest BCUT2D eigenvalue weighted by Gasteiger charge is -2.61. The molecule has 2 heterocycles. The average Bonchev–Trinajstić information content (AvgIpc) is 3.19. The summed E-state index contributed by atoms with van der Waals surface area (Å²) in [4.78, 5) is 9.64. The number of nitrogens with zero attached hydrogens (tertiary/aromatic N) is 3. The van der Waals surface area contributed by atoms with Crippen LogP contribution in [0, 0.1) is 5.41 Å². The largest absolute Gasteiger partial charge is 0.378 e. The van der Waals surface area contributed by atoms with E-state index in [4.69, 9.17) is 4.74 Å². The number of ether oxygens (including phenoxy) is 1. The van der Waals surface area contributed by atoms with Crippen molar-refractivity contribution in [1.29, 1.82) is 0 Å². The molecular weight excluding hydrogens is 427 g/mol. The normalized spacial score (nSPS) is 33.9. The van der Waals surface area contributed by atoms with Gasteiger partial charge in [0.25, 0.3) is 0 Å². The fourth-order valence-electron chi connectivity index (χ4n) is 5.12. The SMILES string of the molecule is CCOC1CC(NC(=NC)N2CCC(N3CC=CC3)C2)C12CCC2.I. The molecule has 5 nitrogen and oxygen atoms in total. The van der Waals surface area contributed by atoms with Gasteiger partial charge in [-0.15, -0.1) is 24.0 Å². The first kappa shape index (κ1) is 19.4. The first-order valence-corrected chi connectivity index (χ1v) is 9.75. The number of rotatable bonds is 4. The van der Waals surface area contributed by atoms with Crippen molar-refractivity contribution in [2.24, 2.45) is 10.4 Å². The molecule has 6 heteroatoms. The van der Waals surface area contributed by atoms with Gasteiger partial charge in [-0.2, -0.15) is 0 Å². The molecule has 142 valence electrons. The number of hydrogen-bond donors (Lipinski definition) is 1. The lowest BCUT2D eigenvalue weighted by molar-refractivity contribution is -0.168. The Morgan fingerprint density at radius 1 is 1.32 bits per heavy atom. The Morgan fingerprint density at radius 2 is 2.08 bits per heavy atom. The van der Waals surface area contributed by atoms with Crippen LogP contribution in [0.2, 0.25) is 0 Å². The molecule has 2 aliphatic carbocycles. The summed E-state index contributed by atoms with van der Waals surface area (Å²) in [6, 6.07) is 1.22. The van der Waals surface area contributed by atoms with Gasteiger partial charge in [-0.05, 0) is 32.6 Å². The van der Waals surface area contributed by atoms with Gasteiger partial charge in [-0.25, -0.2) is 0 Å². The average molecular weight is 460 g/mol. The van der Waals surface area contributed by atoms with Crippen LogP contribution in [0.25, 0.3) is 0 Å². The van der Waals surface area contributed by atoms with E-state index in [2.05, 4.69) is 39.2 Å². The summed E-state index contributed by atoms with van der Waals surface area (Å²) in [6.07, 6.45) is 11.4. The molecule has 1 N–H and O–H groups in total. The van der Waals surface area contributed by atoms with E-state index in [0.717, 1.165) is 45.2 Å². The fourth-order valence-corrected chi connectivity index (χ4v) is 5.12. The highest BCUT2D eigenvalue weighted by Crippen LogP contribution is 2.57. The third-order valence-electron chi connectivity index (χ3n) is 6.78. The van der Waals surface area contributed by atoms with Gasteiger partial charge in [0.05, 0.1) is 6.10 Å². The Hall–Kier alpha value is -0.340. The quantitative estimate of drug-likeness (QED) is 0.303. The summed E-state index contributed by atoms with van der Waals surface area (Å²) >= 11 is 0. The molecule has 0 aromatic heterocycles. The zero-order valence-electron chi connectivity index (χ0n) is 15.6. The second-order valence-electron chi connectivity index (χ2n) is 7.82. The van der Waals surface area contributed by atoms with Gasteiger partial charge in [0.2, 0.25) is 0 Å². The number of guanidine groups is 1. The maximum Gasteiger partial charge on any atom is 0.193 e. The molecule has 2 saturated carbocycles. The molecule has 0 radical (unpaired) electrons. The highest BCUT2D eigenvalue weighted by atomic mass is 127. The summed E-state index contributed by atoms with van der Waals surface area (Å²) in [7, 11) is 1.93. The van der Waals surface area contributed by atoms with Gasteiger partial charge in [0, 0.05) is 57.3 Å². The van der Waals surface area contributed by atoms with Crippen LogP contribution in [0.3, 0.4) is 0 Å². The lowest BCUT2D eigenvalue weighted by Crippen LogP contribution is -2.68. The van der Waals surface area contributed by atoms with Crippen molar-refractivity contribution >= 4 is 29.9 Å². The van der Waals surface area contributed by atoms with E-state index in [0.29, 0.717) is 23.6 Å². The third-order valence-corrected chi connectivity index (χ3v) is 6.78. The van der Waals surface area contributed by atoms with Crippen LogP contribution < -0.4 is 5.32 Å². The van der Waals surface area contributed by atoms with Gasteiger partial charge in [-0.1, -0.05) is 18.6 Å². The Balaban J connectivity index is 0.00000182. The molecular formula is C19H33IN4O. The van der Waals surface area contributed by atoms with Crippen molar-refractivity contribution in [2.45, 2.75) is 57.2 Å². The van der Waals surface area contributed by atoms with Crippen LogP contribution in [0.4, 0.5) is 0 Å². The molecule has 1 saturated heterocycles. The molecule has 4 aliphatic rings. The number of likely N-dealkylation sites (tertiary alicyclic amines) is 1. The molecule has 2 aliphatic heterocycles. The summed E-state index contributed by atoms with van der Waals surface area (Å²) in [6.45, 7) is 7.42. The van der Waals surface area contributed by atoms with Gasteiger partial charge in [-0.3, -0.25) is 9.89 Å². The van der Waals surface area contributed by atoms with Crippen molar-refractivity contribution < 1.29 is 4.74 Å². The highest BCUT2D eigenvalue weighted by molar-refractivity contribution is 14.0.